The van der Waals surface area contributed by atoms with Crippen LogP contribution in [0.5, 0.6) is 0 Å². The van der Waals surface area contributed by atoms with Gasteiger partial charge in [-0.3, -0.25) is 9.59 Å². The minimum absolute atomic E-state index is 0.115. The zero-order valence-corrected chi connectivity index (χ0v) is 36.0. The van der Waals surface area contributed by atoms with Gasteiger partial charge in [0.1, 0.15) is 19.3 Å². The van der Waals surface area contributed by atoms with Crippen LogP contribution in [-0.4, -0.2) is 36.4 Å². The predicted molar refractivity (Wildman–Crippen MR) is 233 cm³/mol. The van der Waals surface area contributed by atoms with E-state index in [0.717, 1.165) is 44.9 Å². The molecule has 5 heteroatoms. The van der Waals surface area contributed by atoms with Crippen molar-refractivity contribution in [2.75, 3.05) is 13.2 Å². The van der Waals surface area contributed by atoms with Gasteiger partial charge in [-0.15, -0.1) is 0 Å². The quantitative estimate of drug-likeness (QED) is 0.0381. The van der Waals surface area contributed by atoms with Gasteiger partial charge in [0, 0.05) is 12.8 Å². The third-order valence-electron chi connectivity index (χ3n) is 10.3. The molecule has 0 aliphatic heterocycles. The van der Waals surface area contributed by atoms with Crippen LogP contribution in [0.1, 0.15) is 245 Å². The fraction of sp³-hybridized carbons (Fsp3) is 0.837. The number of carbonyl (C=O) groups is 2. The highest BCUT2D eigenvalue weighted by atomic mass is 16.6. The molecule has 1 atom stereocenters. The molecule has 0 saturated carbocycles. The van der Waals surface area contributed by atoms with Gasteiger partial charge in [-0.2, -0.15) is 0 Å². The van der Waals surface area contributed by atoms with E-state index >= 15 is 0 Å². The molecule has 0 aromatic heterocycles. The summed E-state index contributed by atoms with van der Waals surface area (Å²) in [5.74, 6) is -0.563. The predicted octanol–water partition coefficient (Wildman–Crippen LogP) is 15.2. The summed E-state index contributed by atoms with van der Waals surface area (Å²) in [6, 6.07) is 0. The van der Waals surface area contributed by atoms with Crippen LogP contribution < -0.4 is 0 Å². The zero-order valence-electron chi connectivity index (χ0n) is 36.0. The lowest BCUT2D eigenvalue weighted by molar-refractivity contribution is -0.152. The highest BCUT2D eigenvalue weighted by Gasteiger charge is 2.12. The first-order valence-electron chi connectivity index (χ1n) is 23.5. The number of hydrogen-bond donors (Lipinski definition) is 1. The number of esters is 2. The third-order valence-corrected chi connectivity index (χ3v) is 10.3. The average molecular weight is 759 g/mol. The van der Waals surface area contributed by atoms with Crippen molar-refractivity contribution in [1.82, 2.24) is 0 Å². The van der Waals surface area contributed by atoms with E-state index in [1.54, 1.807) is 0 Å². The summed E-state index contributed by atoms with van der Waals surface area (Å²) < 4.78 is 10.4. The van der Waals surface area contributed by atoms with E-state index in [1.807, 2.05) is 0 Å². The smallest absolute Gasteiger partial charge is 0.305 e. The molecule has 0 aliphatic rings. The Balaban J connectivity index is 3.40. The van der Waals surface area contributed by atoms with Gasteiger partial charge in [0.2, 0.25) is 0 Å². The fourth-order valence-electron chi connectivity index (χ4n) is 6.76. The first-order valence-corrected chi connectivity index (χ1v) is 23.5. The van der Waals surface area contributed by atoms with Crippen molar-refractivity contribution in [2.24, 2.45) is 0 Å². The summed E-state index contributed by atoms with van der Waals surface area (Å²) in [7, 11) is 0. The molecular weight excluding hydrogens is 669 g/mol. The second-order valence-corrected chi connectivity index (χ2v) is 15.9. The Morgan fingerprint density at radius 1 is 0.389 bits per heavy atom. The molecule has 316 valence electrons. The minimum atomic E-state index is -0.965. The number of carbonyl (C=O) groups excluding carboxylic acids is 2. The molecule has 0 unspecified atom stereocenters. The molecule has 0 saturated heterocycles. The molecule has 0 spiro atoms. The summed E-state index contributed by atoms with van der Waals surface area (Å²) in [6.07, 6.45) is 56.4. The number of rotatable bonds is 43. The van der Waals surface area contributed by atoms with Crippen molar-refractivity contribution in [3.05, 3.63) is 36.5 Å². The first-order chi connectivity index (χ1) is 26.6. The number of allylic oxidation sites excluding steroid dienone is 6. The zero-order chi connectivity index (χ0) is 39.3. The summed E-state index contributed by atoms with van der Waals surface area (Å²) in [5.41, 5.74) is 0. The van der Waals surface area contributed by atoms with Crippen molar-refractivity contribution >= 4 is 11.9 Å². The van der Waals surface area contributed by atoms with Crippen molar-refractivity contribution in [3.8, 4) is 0 Å². The van der Waals surface area contributed by atoms with Gasteiger partial charge < -0.3 is 14.6 Å². The van der Waals surface area contributed by atoms with Crippen LogP contribution in [0, 0.1) is 0 Å². The second kappa shape index (κ2) is 45.5. The molecule has 0 rings (SSSR count). The normalized spacial score (nSPS) is 12.4. The Hall–Kier alpha value is -1.88. The largest absolute Gasteiger partial charge is 0.463 e. The Kier molecular flexibility index (Phi) is 43.9. The molecule has 0 aromatic carbocycles. The van der Waals surface area contributed by atoms with Crippen LogP contribution in [0.15, 0.2) is 36.5 Å². The van der Waals surface area contributed by atoms with Gasteiger partial charge in [0.15, 0.2) is 0 Å². The van der Waals surface area contributed by atoms with Gasteiger partial charge >= 0.3 is 11.9 Å². The number of aliphatic hydroxyl groups excluding tert-OH is 1. The molecule has 0 aromatic rings. The van der Waals surface area contributed by atoms with E-state index in [2.05, 4.69) is 50.3 Å². The van der Waals surface area contributed by atoms with Crippen LogP contribution >= 0.6 is 0 Å². The lowest BCUT2D eigenvalue weighted by atomic mass is 10.0. The minimum Gasteiger partial charge on any atom is -0.463 e. The van der Waals surface area contributed by atoms with E-state index in [9.17, 15) is 14.7 Å². The first kappa shape index (κ1) is 52.1. The van der Waals surface area contributed by atoms with Gasteiger partial charge in [-0.1, -0.05) is 198 Å². The number of hydrogen-bond acceptors (Lipinski definition) is 5. The van der Waals surface area contributed by atoms with Crippen LogP contribution in [0.3, 0.4) is 0 Å². The average Bonchev–Trinajstić information content (AvgIpc) is 3.17. The van der Waals surface area contributed by atoms with E-state index in [4.69, 9.17) is 9.47 Å². The fourth-order valence-corrected chi connectivity index (χ4v) is 6.76. The maximum Gasteiger partial charge on any atom is 0.305 e. The van der Waals surface area contributed by atoms with Crippen molar-refractivity contribution in [3.63, 3.8) is 0 Å². The number of aliphatic hydroxyl groups is 1. The van der Waals surface area contributed by atoms with E-state index in [-0.39, 0.29) is 25.2 Å². The summed E-state index contributed by atoms with van der Waals surface area (Å²) in [6.45, 7) is 4.29. The van der Waals surface area contributed by atoms with Gasteiger partial charge in [0.05, 0.1) is 0 Å². The maximum atomic E-state index is 12.0. The van der Waals surface area contributed by atoms with Gasteiger partial charge in [-0.25, -0.2) is 0 Å². The Bertz CT molecular complexity index is 862. The van der Waals surface area contributed by atoms with E-state index < -0.39 is 6.10 Å². The molecule has 0 aliphatic carbocycles. The molecule has 1 N–H and O–H groups in total. The lowest BCUT2D eigenvalue weighted by Gasteiger charge is -2.12. The molecule has 54 heavy (non-hydrogen) atoms. The maximum absolute atomic E-state index is 12.0. The molecule has 0 radical (unpaired) electrons. The SMILES string of the molecule is CCCCC/C=C\C/C=C\CCCCCCCCCCCC(=O)OC[C@H](O)COC(=O)CCCCCCCCCCCCC/C=C\CCCCCCCC. The van der Waals surface area contributed by atoms with Crippen LogP contribution in [0.25, 0.3) is 0 Å². The highest BCUT2D eigenvalue weighted by molar-refractivity contribution is 5.69. The molecular formula is C49H90O5. The summed E-state index contributed by atoms with van der Waals surface area (Å²) in [5, 5.41) is 10.1. The monoisotopic (exact) mass is 759 g/mol. The topological polar surface area (TPSA) is 72.8 Å². The van der Waals surface area contributed by atoms with Gasteiger partial charge in [-0.05, 0) is 70.6 Å². The van der Waals surface area contributed by atoms with Crippen molar-refractivity contribution in [2.45, 2.75) is 251 Å². The molecule has 0 fully saturated rings. The Morgan fingerprint density at radius 3 is 1.00 bits per heavy atom. The van der Waals surface area contributed by atoms with E-state index in [1.165, 1.54) is 173 Å². The second-order valence-electron chi connectivity index (χ2n) is 15.9. The molecule has 0 amide bonds. The van der Waals surface area contributed by atoms with Crippen molar-refractivity contribution in [1.29, 1.82) is 0 Å². The molecule has 0 heterocycles. The third kappa shape index (κ3) is 44.5. The number of unbranched alkanes of at least 4 members (excludes halogenated alkanes) is 29. The highest BCUT2D eigenvalue weighted by Crippen LogP contribution is 2.15. The van der Waals surface area contributed by atoms with Crippen LogP contribution in [0.2, 0.25) is 0 Å². The summed E-state index contributed by atoms with van der Waals surface area (Å²) in [4.78, 5) is 24.1. The molecule has 0 bridgehead atoms. The summed E-state index contributed by atoms with van der Waals surface area (Å²) >= 11 is 0. The Morgan fingerprint density at radius 2 is 0.648 bits per heavy atom. The van der Waals surface area contributed by atoms with Crippen LogP contribution in [0.4, 0.5) is 0 Å². The lowest BCUT2D eigenvalue weighted by Crippen LogP contribution is -2.25. The number of ether oxygens (including phenoxy) is 2. The molecule has 5 nitrogen and oxygen atoms in total. The van der Waals surface area contributed by atoms with E-state index in [0.29, 0.717) is 12.8 Å². The Labute approximate surface area is 336 Å². The van der Waals surface area contributed by atoms with Crippen molar-refractivity contribution < 1.29 is 24.2 Å². The standard InChI is InChI=1S/C49H90O5/c1-3-5-7-9-11-13-15-17-19-21-23-24-26-28-30-32-34-36-38-40-42-44-49(52)54-46-47(50)45-53-48(51)43-41-39-37-35-33-31-29-27-25-22-20-18-16-14-12-10-8-6-4-2/h12,14,17-20,47,50H,3-11,13,15-16,21-46H2,1-2H3/b14-12-,19-17-,20-18-/t47-/m0/s1. The van der Waals surface area contributed by atoms with Crippen LogP contribution in [-0.2, 0) is 19.1 Å². The van der Waals surface area contributed by atoms with Gasteiger partial charge in [0.25, 0.3) is 0 Å².